The van der Waals surface area contributed by atoms with E-state index in [4.69, 9.17) is 17.0 Å². The van der Waals surface area contributed by atoms with Gasteiger partial charge in [0.25, 0.3) is 11.8 Å². The minimum Gasteiger partial charge on any atom is -0.494 e. The van der Waals surface area contributed by atoms with Crippen LogP contribution in [0.15, 0.2) is 46.9 Å². The maximum atomic E-state index is 12.2. The van der Waals surface area contributed by atoms with Crippen molar-refractivity contribution in [1.82, 2.24) is 16.2 Å². The van der Waals surface area contributed by atoms with E-state index in [2.05, 4.69) is 39.0 Å². The van der Waals surface area contributed by atoms with Crippen molar-refractivity contribution in [2.45, 2.75) is 39.5 Å². The van der Waals surface area contributed by atoms with Gasteiger partial charge in [-0.15, -0.1) is 0 Å². The van der Waals surface area contributed by atoms with E-state index in [0.29, 0.717) is 17.7 Å². The van der Waals surface area contributed by atoms with Crippen LogP contribution < -0.4 is 20.9 Å². The standard InChI is InChI=1S/C22H26BrN3O3S/c1-3-4-5-6-13-29-18-11-9-16(10-12-18)21(28)25-26-22(30)24-20(27)17-8-7-15(2)19(23)14-17/h7-12,14H,3-6,13H2,1-2H3,(H,25,28)(H2,24,26,27,30). The quantitative estimate of drug-likeness (QED) is 0.284. The molecule has 2 rings (SSSR count). The number of ether oxygens (including phenoxy) is 1. The van der Waals surface area contributed by atoms with Crippen molar-refractivity contribution in [2.75, 3.05) is 6.61 Å². The molecule has 30 heavy (non-hydrogen) atoms. The lowest BCUT2D eigenvalue weighted by atomic mass is 10.1. The zero-order valence-electron chi connectivity index (χ0n) is 17.1. The van der Waals surface area contributed by atoms with Crippen molar-refractivity contribution in [1.29, 1.82) is 0 Å². The van der Waals surface area contributed by atoms with Crippen LogP contribution in [0.5, 0.6) is 5.75 Å². The number of rotatable bonds is 8. The molecule has 0 aliphatic carbocycles. The van der Waals surface area contributed by atoms with Gasteiger partial charge < -0.3 is 4.74 Å². The number of hydrogen-bond donors (Lipinski definition) is 3. The molecular weight excluding hydrogens is 466 g/mol. The summed E-state index contributed by atoms with van der Waals surface area (Å²) in [7, 11) is 0. The molecule has 0 aliphatic rings. The summed E-state index contributed by atoms with van der Waals surface area (Å²) in [6, 6.07) is 12.1. The third-order valence-corrected chi connectivity index (χ3v) is 5.39. The van der Waals surface area contributed by atoms with E-state index in [1.807, 2.05) is 13.0 Å². The summed E-state index contributed by atoms with van der Waals surface area (Å²) >= 11 is 8.46. The summed E-state index contributed by atoms with van der Waals surface area (Å²) in [6.07, 6.45) is 4.57. The molecule has 0 bridgehead atoms. The molecule has 0 aliphatic heterocycles. The van der Waals surface area contributed by atoms with Gasteiger partial charge >= 0.3 is 0 Å². The van der Waals surface area contributed by atoms with Gasteiger partial charge in [0, 0.05) is 15.6 Å². The highest BCUT2D eigenvalue weighted by Crippen LogP contribution is 2.17. The molecule has 0 saturated carbocycles. The number of carbonyl (C=O) groups excluding carboxylic acids is 2. The summed E-state index contributed by atoms with van der Waals surface area (Å²) in [5.41, 5.74) is 6.91. The van der Waals surface area contributed by atoms with Crippen LogP contribution in [-0.2, 0) is 0 Å². The number of carbonyl (C=O) groups is 2. The number of hydrogen-bond acceptors (Lipinski definition) is 4. The van der Waals surface area contributed by atoms with Crippen LogP contribution in [0.3, 0.4) is 0 Å². The molecule has 0 spiro atoms. The second-order valence-electron chi connectivity index (χ2n) is 6.76. The second kappa shape index (κ2) is 12.3. The van der Waals surface area contributed by atoms with Gasteiger partial charge in [-0.3, -0.25) is 25.8 Å². The molecule has 0 aromatic heterocycles. The minimum atomic E-state index is -0.376. The lowest BCUT2D eigenvalue weighted by Crippen LogP contribution is -2.48. The second-order valence-corrected chi connectivity index (χ2v) is 8.02. The lowest BCUT2D eigenvalue weighted by molar-refractivity contribution is 0.0934. The lowest BCUT2D eigenvalue weighted by Gasteiger charge is -2.12. The SMILES string of the molecule is CCCCCCOc1ccc(C(=O)NNC(=S)NC(=O)c2ccc(C)c(Br)c2)cc1. The Balaban J connectivity index is 1.76. The molecule has 0 saturated heterocycles. The molecule has 8 heteroatoms. The Hall–Kier alpha value is -2.45. The molecular formula is C22H26BrN3O3S. The van der Waals surface area contributed by atoms with E-state index < -0.39 is 0 Å². The third-order valence-electron chi connectivity index (χ3n) is 4.33. The Morgan fingerprint density at radius 2 is 1.67 bits per heavy atom. The van der Waals surface area contributed by atoms with Crippen LogP contribution in [0.2, 0.25) is 0 Å². The van der Waals surface area contributed by atoms with Crippen molar-refractivity contribution in [2.24, 2.45) is 0 Å². The summed E-state index contributed by atoms with van der Waals surface area (Å²) in [6.45, 7) is 4.77. The number of hydrazine groups is 1. The van der Waals surface area contributed by atoms with E-state index >= 15 is 0 Å². The molecule has 6 nitrogen and oxygen atoms in total. The van der Waals surface area contributed by atoms with E-state index in [0.717, 1.165) is 28.6 Å². The molecule has 160 valence electrons. The molecule has 0 unspecified atom stereocenters. The van der Waals surface area contributed by atoms with Crippen molar-refractivity contribution >= 4 is 45.1 Å². The monoisotopic (exact) mass is 491 g/mol. The average molecular weight is 492 g/mol. The molecule has 0 radical (unpaired) electrons. The minimum absolute atomic E-state index is 0.00270. The summed E-state index contributed by atoms with van der Waals surface area (Å²) in [4.78, 5) is 24.5. The Morgan fingerprint density at radius 3 is 2.33 bits per heavy atom. The molecule has 3 N–H and O–H groups in total. The van der Waals surface area contributed by atoms with Gasteiger partial charge in [-0.2, -0.15) is 0 Å². The van der Waals surface area contributed by atoms with Crippen molar-refractivity contribution < 1.29 is 14.3 Å². The van der Waals surface area contributed by atoms with Gasteiger partial charge in [-0.25, -0.2) is 0 Å². The van der Waals surface area contributed by atoms with Crippen molar-refractivity contribution in [3.05, 3.63) is 63.6 Å². The molecule has 2 aromatic carbocycles. The van der Waals surface area contributed by atoms with Crippen LogP contribution in [0.4, 0.5) is 0 Å². The van der Waals surface area contributed by atoms with Crippen LogP contribution >= 0.6 is 28.1 Å². The predicted molar refractivity (Wildman–Crippen MR) is 126 cm³/mol. The van der Waals surface area contributed by atoms with Gasteiger partial charge in [-0.05, 0) is 67.5 Å². The van der Waals surface area contributed by atoms with Crippen LogP contribution in [0.1, 0.15) is 58.9 Å². The fourth-order valence-corrected chi connectivity index (χ4v) is 3.07. The Labute approximate surface area is 190 Å². The number of halogens is 1. The van der Waals surface area contributed by atoms with Crippen LogP contribution in [-0.4, -0.2) is 23.5 Å². The van der Waals surface area contributed by atoms with E-state index in [9.17, 15) is 9.59 Å². The fraction of sp³-hybridized carbons (Fsp3) is 0.318. The maximum Gasteiger partial charge on any atom is 0.269 e. The first-order valence-corrected chi connectivity index (χ1v) is 11.0. The zero-order valence-corrected chi connectivity index (χ0v) is 19.5. The molecule has 0 heterocycles. The summed E-state index contributed by atoms with van der Waals surface area (Å²) in [5.74, 6) is -0.0230. The first-order chi connectivity index (χ1) is 14.4. The highest BCUT2D eigenvalue weighted by atomic mass is 79.9. The average Bonchev–Trinajstić information content (AvgIpc) is 2.74. The summed E-state index contributed by atoms with van der Waals surface area (Å²) < 4.78 is 6.50. The van der Waals surface area contributed by atoms with Gasteiger partial charge in [0.1, 0.15) is 5.75 Å². The van der Waals surface area contributed by atoms with Gasteiger partial charge in [0.05, 0.1) is 6.61 Å². The zero-order chi connectivity index (χ0) is 21.9. The Morgan fingerprint density at radius 1 is 0.967 bits per heavy atom. The van der Waals surface area contributed by atoms with Crippen molar-refractivity contribution in [3.8, 4) is 5.75 Å². The van der Waals surface area contributed by atoms with Gasteiger partial charge in [0.15, 0.2) is 5.11 Å². The number of unbranched alkanes of at least 4 members (excludes halogenated alkanes) is 3. The maximum absolute atomic E-state index is 12.2. The molecule has 2 amide bonds. The highest BCUT2D eigenvalue weighted by Gasteiger charge is 2.11. The van der Waals surface area contributed by atoms with E-state index in [1.165, 1.54) is 12.8 Å². The number of thiocarbonyl (C=S) groups is 1. The topological polar surface area (TPSA) is 79.5 Å². The third kappa shape index (κ3) is 7.76. The van der Waals surface area contributed by atoms with Gasteiger partial charge in [-0.1, -0.05) is 48.2 Å². The normalized spacial score (nSPS) is 10.2. The predicted octanol–water partition coefficient (Wildman–Crippen LogP) is 4.67. The molecule has 0 fully saturated rings. The Kier molecular flexibility index (Phi) is 9.76. The van der Waals surface area contributed by atoms with E-state index in [-0.39, 0.29) is 16.9 Å². The summed E-state index contributed by atoms with van der Waals surface area (Å²) in [5, 5.41) is 2.52. The van der Waals surface area contributed by atoms with Gasteiger partial charge in [0.2, 0.25) is 0 Å². The molecule has 2 aromatic rings. The van der Waals surface area contributed by atoms with E-state index in [1.54, 1.807) is 36.4 Å². The number of aryl methyl sites for hydroxylation is 1. The van der Waals surface area contributed by atoms with Crippen molar-refractivity contribution in [3.63, 3.8) is 0 Å². The van der Waals surface area contributed by atoms with Crippen LogP contribution in [0, 0.1) is 6.92 Å². The highest BCUT2D eigenvalue weighted by molar-refractivity contribution is 9.10. The number of benzene rings is 2. The smallest absolute Gasteiger partial charge is 0.269 e. The fourth-order valence-electron chi connectivity index (χ4n) is 2.55. The van der Waals surface area contributed by atoms with Crippen LogP contribution in [0.25, 0.3) is 0 Å². The first kappa shape index (κ1) is 23.8. The first-order valence-electron chi connectivity index (χ1n) is 9.81. The Bertz CT molecular complexity index is 888. The molecule has 0 atom stereocenters. The largest absolute Gasteiger partial charge is 0.494 e. The number of amides is 2. The number of nitrogens with one attached hydrogen (secondary N) is 3.